The topological polar surface area (TPSA) is 70.1 Å². The second kappa shape index (κ2) is 11.6. The predicted octanol–water partition coefficient (Wildman–Crippen LogP) is 4.79. The molecule has 1 N–H and O–H groups in total. The number of carboxylic acid groups (broad SMARTS) is 1. The van der Waals surface area contributed by atoms with Gasteiger partial charge < -0.3 is 14.7 Å². The molecule has 2 aromatic rings. The number of aliphatic carboxylic acids is 1. The predicted molar refractivity (Wildman–Crippen MR) is 128 cm³/mol. The molecule has 0 unspecified atom stereocenters. The Morgan fingerprint density at radius 2 is 1.78 bits per heavy atom. The molecule has 3 rings (SSSR count). The monoisotopic (exact) mass is 494 g/mol. The summed E-state index contributed by atoms with van der Waals surface area (Å²) in [5.41, 5.74) is 0.818. The van der Waals surface area contributed by atoms with E-state index in [4.69, 9.17) is 33.0 Å². The number of ether oxygens (including phenoxy) is 1. The van der Waals surface area contributed by atoms with Gasteiger partial charge in [-0.3, -0.25) is 9.69 Å². The summed E-state index contributed by atoms with van der Waals surface area (Å²) in [5, 5.41) is 9.75. The summed E-state index contributed by atoms with van der Waals surface area (Å²) in [6.07, 6.45) is 3.99. The lowest BCUT2D eigenvalue weighted by Crippen LogP contribution is -2.47. The summed E-state index contributed by atoms with van der Waals surface area (Å²) in [4.78, 5) is 27.9. The molecule has 0 radical (unpaired) electrons. The van der Waals surface area contributed by atoms with Crippen LogP contribution < -0.4 is 4.74 Å². The summed E-state index contributed by atoms with van der Waals surface area (Å²) in [7, 11) is 0. The normalized spacial score (nSPS) is 14.7. The van der Waals surface area contributed by atoms with Crippen molar-refractivity contribution in [1.82, 2.24) is 9.80 Å². The van der Waals surface area contributed by atoms with Gasteiger partial charge in [0.1, 0.15) is 5.75 Å². The fraction of sp³-hybridized carbons (Fsp3) is 0.304. The maximum atomic E-state index is 11.4. The smallest absolute Gasteiger partial charge is 0.341 e. The van der Waals surface area contributed by atoms with Crippen LogP contribution in [0.15, 0.2) is 52.3 Å². The second-order valence-corrected chi connectivity index (χ2v) is 9.06. The van der Waals surface area contributed by atoms with E-state index in [2.05, 4.69) is 4.90 Å². The number of benzene rings is 2. The Hall–Kier alpha value is -2.19. The number of hydrogen-bond acceptors (Lipinski definition) is 5. The number of halogens is 2. The van der Waals surface area contributed by atoms with E-state index >= 15 is 0 Å². The summed E-state index contributed by atoms with van der Waals surface area (Å²) in [5.74, 6) is -0.445. The molecule has 1 fully saturated rings. The van der Waals surface area contributed by atoms with Crippen molar-refractivity contribution in [3.63, 3.8) is 0 Å². The molecular weight excluding hydrogens is 471 g/mol. The molecule has 0 aliphatic carbocycles. The van der Waals surface area contributed by atoms with Crippen molar-refractivity contribution >= 4 is 52.9 Å². The van der Waals surface area contributed by atoms with Crippen LogP contribution in [0.1, 0.15) is 12.5 Å². The SMILES string of the molecule is CC(=O)N1CCN(C/C=C/c2ccc(Sc3ccccc3OCC(=O)O)c(Cl)c2Cl)CC1. The van der Waals surface area contributed by atoms with Crippen LogP contribution in [0.25, 0.3) is 6.08 Å². The molecular formula is C23H24Cl2N2O4S. The van der Waals surface area contributed by atoms with Crippen LogP contribution in [0.5, 0.6) is 5.75 Å². The van der Waals surface area contributed by atoms with Crippen molar-refractivity contribution in [3.8, 4) is 5.75 Å². The molecule has 0 bridgehead atoms. The van der Waals surface area contributed by atoms with Crippen LogP contribution in [0.2, 0.25) is 10.0 Å². The summed E-state index contributed by atoms with van der Waals surface area (Å²) in [6, 6.07) is 11.0. The number of carbonyl (C=O) groups excluding carboxylic acids is 1. The molecule has 1 aliphatic rings. The minimum atomic E-state index is -1.04. The van der Waals surface area contributed by atoms with Crippen molar-refractivity contribution in [1.29, 1.82) is 0 Å². The number of piperazine rings is 1. The average Bonchev–Trinajstić information content (AvgIpc) is 2.78. The van der Waals surface area contributed by atoms with Crippen molar-refractivity contribution in [2.24, 2.45) is 0 Å². The van der Waals surface area contributed by atoms with E-state index in [0.29, 0.717) is 15.8 Å². The minimum Gasteiger partial charge on any atom is -0.481 e. The molecule has 6 nitrogen and oxygen atoms in total. The first-order valence-corrected chi connectivity index (χ1v) is 11.7. The molecule has 0 aromatic heterocycles. The van der Waals surface area contributed by atoms with Crippen LogP contribution in [-0.4, -0.2) is 66.1 Å². The third-order valence-corrected chi connectivity index (χ3v) is 7.10. The Morgan fingerprint density at radius 3 is 2.47 bits per heavy atom. The van der Waals surface area contributed by atoms with Gasteiger partial charge in [-0.25, -0.2) is 4.79 Å². The third-order valence-electron chi connectivity index (χ3n) is 4.98. The first kappa shape index (κ1) is 24.5. The van der Waals surface area contributed by atoms with Crippen LogP contribution in [0.4, 0.5) is 0 Å². The first-order valence-electron chi connectivity index (χ1n) is 10.1. The van der Waals surface area contributed by atoms with Crippen LogP contribution in [-0.2, 0) is 9.59 Å². The van der Waals surface area contributed by atoms with Gasteiger partial charge in [0.25, 0.3) is 0 Å². The van der Waals surface area contributed by atoms with Gasteiger partial charge in [0, 0.05) is 44.5 Å². The van der Waals surface area contributed by atoms with Gasteiger partial charge in [0.15, 0.2) is 6.61 Å². The summed E-state index contributed by atoms with van der Waals surface area (Å²) in [6.45, 7) is 5.14. The number of carboxylic acids is 1. The molecule has 32 heavy (non-hydrogen) atoms. The van der Waals surface area contributed by atoms with Gasteiger partial charge in [-0.05, 0) is 23.8 Å². The quantitative estimate of drug-likeness (QED) is 0.568. The molecule has 0 spiro atoms. The van der Waals surface area contributed by atoms with Gasteiger partial charge in [0.2, 0.25) is 5.91 Å². The van der Waals surface area contributed by atoms with Gasteiger partial charge in [0.05, 0.1) is 14.9 Å². The summed E-state index contributed by atoms with van der Waals surface area (Å²) < 4.78 is 5.36. The fourth-order valence-electron chi connectivity index (χ4n) is 3.24. The first-order chi connectivity index (χ1) is 15.3. The van der Waals surface area contributed by atoms with Crippen molar-refractivity contribution < 1.29 is 19.4 Å². The summed E-state index contributed by atoms with van der Waals surface area (Å²) >= 11 is 14.4. The highest BCUT2D eigenvalue weighted by Gasteiger charge is 2.17. The standard InChI is InChI=1S/C23H24Cl2N2O4S/c1-16(28)27-13-11-26(12-14-27)10-4-5-17-8-9-20(23(25)22(17)24)32-19-7-3-2-6-18(19)31-15-21(29)30/h2-9H,10-15H2,1H3,(H,29,30)/b5-4+. The minimum absolute atomic E-state index is 0.121. The zero-order valence-electron chi connectivity index (χ0n) is 17.6. The lowest BCUT2D eigenvalue weighted by Gasteiger charge is -2.33. The number of para-hydroxylation sites is 1. The lowest BCUT2D eigenvalue weighted by molar-refractivity contribution is -0.139. The van der Waals surface area contributed by atoms with Crippen LogP contribution in [0, 0.1) is 0 Å². The maximum Gasteiger partial charge on any atom is 0.341 e. The number of nitrogens with zero attached hydrogens (tertiary/aromatic N) is 2. The fourth-order valence-corrected chi connectivity index (χ4v) is 4.75. The van der Waals surface area contributed by atoms with E-state index in [1.807, 2.05) is 41.3 Å². The van der Waals surface area contributed by atoms with Crippen molar-refractivity contribution in [2.75, 3.05) is 39.3 Å². The molecule has 170 valence electrons. The zero-order valence-corrected chi connectivity index (χ0v) is 19.9. The van der Waals surface area contributed by atoms with Gasteiger partial charge in [-0.1, -0.05) is 65.3 Å². The highest BCUT2D eigenvalue weighted by atomic mass is 35.5. The Balaban J connectivity index is 1.64. The highest BCUT2D eigenvalue weighted by molar-refractivity contribution is 7.99. The Labute approximate surface area is 201 Å². The van der Waals surface area contributed by atoms with E-state index in [0.717, 1.165) is 48.1 Å². The van der Waals surface area contributed by atoms with Crippen LogP contribution in [0.3, 0.4) is 0 Å². The average molecular weight is 495 g/mol. The molecule has 1 saturated heterocycles. The largest absolute Gasteiger partial charge is 0.481 e. The van der Waals surface area contributed by atoms with Gasteiger partial charge in [-0.15, -0.1) is 0 Å². The van der Waals surface area contributed by atoms with E-state index in [9.17, 15) is 9.59 Å². The van der Waals surface area contributed by atoms with Crippen molar-refractivity contribution in [3.05, 3.63) is 58.1 Å². The van der Waals surface area contributed by atoms with E-state index in [-0.39, 0.29) is 5.91 Å². The molecule has 2 aromatic carbocycles. The number of amides is 1. The number of rotatable bonds is 8. The Morgan fingerprint density at radius 1 is 1.06 bits per heavy atom. The number of hydrogen-bond donors (Lipinski definition) is 1. The molecule has 0 atom stereocenters. The van der Waals surface area contributed by atoms with Crippen LogP contribution >= 0.6 is 35.0 Å². The molecule has 1 aliphatic heterocycles. The molecule has 9 heteroatoms. The third kappa shape index (κ3) is 6.65. The molecule has 1 heterocycles. The lowest BCUT2D eigenvalue weighted by atomic mass is 10.2. The Bertz CT molecular complexity index is 1010. The Kier molecular flexibility index (Phi) is 8.87. The molecule has 0 saturated carbocycles. The van der Waals surface area contributed by atoms with Crippen molar-refractivity contribution in [2.45, 2.75) is 16.7 Å². The maximum absolute atomic E-state index is 11.4. The van der Waals surface area contributed by atoms with Gasteiger partial charge in [-0.2, -0.15) is 0 Å². The van der Waals surface area contributed by atoms with Gasteiger partial charge >= 0.3 is 5.97 Å². The second-order valence-electron chi connectivity index (χ2n) is 7.22. The van der Waals surface area contributed by atoms with E-state index in [1.165, 1.54) is 11.8 Å². The molecule has 1 amide bonds. The van der Waals surface area contributed by atoms with E-state index in [1.54, 1.807) is 19.1 Å². The zero-order chi connectivity index (χ0) is 23.1. The highest BCUT2D eigenvalue weighted by Crippen LogP contribution is 2.42. The number of carbonyl (C=O) groups is 2. The van der Waals surface area contributed by atoms with E-state index < -0.39 is 12.6 Å².